The Morgan fingerprint density at radius 2 is 1.06 bits per heavy atom. The Hall–Kier alpha value is -1.39. The molecule has 0 amide bonds. The van der Waals surface area contributed by atoms with Crippen LogP contribution in [0.2, 0.25) is 0 Å². The average molecular weight is 237 g/mol. The van der Waals surface area contributed by atoms with Crippen LogP contribution in [0.3, 0.4) is 0 Å². The lowest BCUT2D eigenvalue weighted by Gasteiger charge is -2.23. The second-order valence-corrected chi connectivity index (χ2v) is 3.83. The minimum atomic E-state index is 0.781. The number of aromatic nitrogens is 3. The number of nitrogens with zero attached hydrogens (tertiary/aromatic N) is 5. The molecule has 0 fully saturated rings. The highest BCUT2D eigenvalue weighted by molar-refractivity contribution is 5.38. The van der Waals surface area contributed by atoms with Crippen molar-refractivity contribution >= 4 is 11.9 Å². The number of aryl methyl sites for hydroxylation is 1. The van der Waals surface area contributed by atoms with Gasteiger partial charge in [-0.2, -0.15) is 15.0 Å². The van der Waals surface area contributed by atoms with Crippen LogP contribution in [0.25, 0.3) is 0 Å². The van der Waals surface area contributed by atoms with E-state index in [9.17, 15) is 0 Å². The molecular formula is C12H23N5. The largest absolute Gasteiger partial charge is 0.341 e. The van der Waals surface area contributed by atoms with Crippen LogP contribution in [-0.4, -0.2) is 41.1 Å². The van der Waals surface area contributed by atoms with Gasteiger partial charge in [-0.1, -0.05) is 0 Å². The molecule has 0 saturated carbocycles. The number of anilines is 2. The van der Waals surface area contributed by atoms with Crippen molar-refractivity contribution in [1.82, 2.24) is 15.0 Å². The van der Waals surface area contributed by atoms with Crippen molar-refractivity contribution in [3.05, 3.63) is 5.82 Å². The molecule has 5 nitrogen and oxygen atoms in total. The summed E-state index contributed by atoms with van der Waals surface area (Å²) in [7, 11) is 0. The second kappa shape index (κ2) is 6.37. The van der Waals surface area contributed by atoms with E-state index >= 15 is 0 Å². The monoisotopic (exact) mass is 237 g/mol. The van der Waals surface area contributed by atoms with E-state index in [4.69, 9.17) is 0 Å². The predicted octanol–water partition coefficient (Wildman–Crippen LogP) is 1.87. The molecule has 0 spiro atoms. The first-order chi connectivity index (χ1) is 8.15. The zero-order valence-electron chi connectivity index (χ0n) is 11.6. The van der Waals surface area contributed by atoms with Crippen molar-refractivity contribution in [3.8, 4) is 0 Å². The fourth-order valence-electron chi connectivity index (χ4n) is 1.75. The summed E-state index contributed by atoms with van der Waals surface area (Å²) in [4.78, 5) is 17.6. The van der Waals surface area contributed by atoms with E-state index < -0.39 is 0 Å². The van der Waals surface area contributed by atoms with Crippen molar-refractivity contribution in [2.24, 2.45) is 0 Å². The van der Waals surface area contributed by atoms with Crippen molar-refractivity contribution in [2.45, 2.75) is 34.6 Å². The summed E-state index contributed by atoms with van der Waals surface area (Å²) in [5.74, 6) is 2.35. The summed E-state index contributed by atoms with van der Waals surface area (Å²) in [6.45, 7) is 14.0. The van der Waals surface area contributed by atoms with E-state index in [-0.39, 0.29) is 0 Å². The van der Waals surface area contributed by atoms with Gasteiger partial charge in [0, 0.05) is 26.2 Å². The second-order valence-electron chi connectivity index (χ2n) is 3.83. The SMILES string of the molecule is CCN(CC)c1nc(C)nc(N(CC)CC)n1. The standard InChI is InChI=1S/C12H23N5/c1-6-16(7-2)11-13-10(5)14-12(15-11)17(8-3)9-4/h6-9H2,1-5H3. The van der Waals surface area contributed by atoms with Crippen molar-refractivity contribution in [1.29, 1.82) is 0 Å². The highest BCUT2D eigenvalue weighted by Gasteiger charge is 2.12. The van der Waals surface area contributed by atoms with Gasteiger partial charge in [0.1, 0.15) is 5.82 Å². The van der Waals surface area contributed by atoms with Crippen LogP contribution < -0.4 is 9.80 Å². The molecule has 0 unspecified atom stereocenters. The molecule has 0 aliphatic rings. The first-order valence-corrected chi connectivity index (χ1v) is 6.38. The minimum Gasteiger partial charge on any atom is -0.341 e. The molecule has 0 aromatic carbocycles. The molecule has 0 aliphatic heterocycles. The van der Waals surface area contributed by atoms with Crippen LogP contribution in [0.5, 0.6) is 0 Å². The van der Waals surface area contributed by atoms with Crippen LogP contribution in [0.15, 0.2) is 0 Å². The molecule has 5 heteroatoms. The summed E-state index contributed by atoms with van der Waals surface area (Å²) >= 11 is 0. The highest BCUT2D eigenvalue weighted by Crippen LogP contribution is 2.13. The Morgan fingerprint density at radius 3 is 1.35 bits per heavy atom. The van der Waals surface area contributed by atoms with Gasteiger partial charge in [0.25, 0.3) is 0 Å². The fourth-order valence-corrected chi connectivity index (χ4v) is 1.75. The molecule has 0 N–H and O–H groups in total. The predicted molar refractivity (Wildman–Crippen MR) is 71.7 cm³/mol. The Balaban J connectivity index is 3.08. The maximum Gasteiger partial charge on any atom is 0.230 e. The van der Waals surface area contributed by atoms with Crippen LogP contribution in [0.4, 0.5) is 11.9 Å². The third-order valence-corrected chi connectivity index (χ3v) is 2.82. The van der Waals surface area contributed by atoms with Gasteiger partial charge in [-0.3, -0.25) is 0 Å². The van der Waals surface area contributed by atoms with Gasteiger partial charge in [0.05, 0.1) is 0 Å². The van der Waals surface area contributed by atoms with Gasteiger partial charge >= 0.3 is 0 Å². The molecule has 0 atom stereocenters. The first-order valence-electron chi connectivity index (χ1n) is 6.38. The van der Waals surface area contributed by atoms with E-state index in [1.54, 1.807) is 0 Å². The molecule has 0 bridgehead atoms. The third-order valence-electron chi connectivity index (χ3n) is 2.82. The Kier molecular flexibility index (Phi) is 5.12. The summed E-state index contributed by atoms with van der Waals surface area (Å²) in [6, 6.07) is 0. The molecule has 96 valence electrons. The lowest BCUT2D eigenvalue weighted by molar-refractivity contribution is 0.766. The average Bonchev–Trinajstić information content (AvgIpc) is 2.31. The highest BCUT2D eigenvalue weighted by atomic mass is 15.3. The van der Waals surface area contributed by atoms with Gasteiger partial charge in [0.2, 0.25) is 11.9 Å². The van der Waals surface area contributed by atoms with Crippen LogP contribution >= 0.6 is 0 Å². The van der Waals surface area contributed by atoms with Gasteiger partial charge in [-0.25, -0.2) is 0 Å². The molecule has 17 heavy (non-hydrogen) atoms. The zero-order chi connectivity index (χ0) is 12.8. The van der Waals surface area contributed by atoms with E-state index in [1.165, 1.54) is 0 Å². The molecule has 1 aromatic rings. The number of hydrogen-bond donors (Lipinski definition) is 0. The van der Waals surface area contributed by atoms with Crippen molar-refractivity contribution < 1.29 is 0 Å². The Morgan fingerprint density at radius 1 is 0.706 bits per heavy atom. The van der Waals surface area contributed by atoms with Gasteiger partial charge in [0.15, 0.2) is 0 Å². The van der Waals surface area contributed by atoms with E-state index in [2.05, 4.69) is 52.4 Å². The smallest absolute Gasteiger partial charge is 0.230 e. The van der Waals surface area contributed by atoms with Gasteiger partial charge < -0.3 is 9.80 Å². The third kappa shape index (κ3) is 3.28. The minimum absolute atomic E-state index is 0.781. The lowest BCUT2D eigenvalue weighted by atomic mass is 10.5. The van der Waals surface area contributed by atoms with Crippen LogP contribution in [0.1, 0.15) is 33.5 Å². The van der Waals surface area contributed by atoms with E-state index in [1.807, 2.05) is 6.92 Å². The molecule has 1 heterocycles. The summed E-state index contributed by atoms with van der Waals surface area (Å²) < 4.78 is 0. The molecule has 0 radical (unpaired) electrons. The number of rotatable bonds is 6. The first kappa shape index (κ1) is 13.7. The Bertz CT molecular complexity index is 314. The molecule has 0 saturated heterocycles. The normalized spacial score (nSPS) is 10.4. The van der Waals surface area contributed by atoms with Crippen molar-refractivity contribution in [2.75, 3.05) is 36.0 Å². The molecule has 0 aliphatic carbocycles. The van der Waals surface area contributed by atoms with Gasteiger partial charge in [-0.15, -0.1) is 0 Å². The van der Waals surface area contributed by atoms with E-state index in [0.717, 1.165) is 43.9 Å². The molecule has 1 rings (SSSR count). The quantitative estimate of drug-likeness (QED) is 0.756. The zero-order valence-corrected chi connectivity index (χ0v) is 11.6. The summed E-state index contributed by atoms with van der Waals surface area (Å²) in [5, 5.41) is 0. The van der Waals surface area contributed by atoms with Crippen LogP contribution in [0, 0.1) is 6.92 Å². The van der Waals surface area contributed by atoms with E-state index in [0.29, 0.717) is 0 Å². The van der Waals surface area contributed by atoms with Crippen LogP contribution in [-0.2, 0) is 0 Å². The summed E-state index contributed by atoms with van der Waals surface area (Å²) in [6.07, 6.45) is 0. The molecule has 1 aromatic heterocycles. The molecular weight excluding hydrogens is 214 g/mol. The van der Waals surface area contributed by atoms with Crippen molar-refractivity contribution in [3.63, 3.8) is 0 Å². The summed E-state index contributed by atoms with van der Waals surface area (Å²) in [5.41, 5.74) is 0. The maximum atomic E-state index is 4.55. The fraction of sp³-hybridized carbons (Fsp3) is 0.750. The van der Waals surface area contributed by atoms with Gasteiger partial charge in [-0.05, 0) is 34.6 Å². The topological polar surface area (TPSA) is 45.2 Å². The maximum absolute atomic E-state index is 4.55. The number of hydrogen-bond acceptors (Lipinski definition) is 5. The Labute approximate surface area is 104 Å². The lowest BCUT2D eigenvalue weighted by Crippen LogP contribution is -2.28.